The van der Waals surface area contributed by atoms with E-state index in [0.29, 0.717) is 4.98 Å². The molecule has 2 heterocycles. The number of hydrogen-bond donors (Lipinski definition) is 2. The summed E-state index contributed by atoms with van der Waals surface area (Å²) in [5.74, 6) is 0. The first-order valence-electron chi connectivity index (χ1n) is 11.2. The molecule has 5 heteroatoms. The van der Waals surface area contributed by atoms with E-state index in [1.165, 1.54) is 6.07 Å². The number of H-pyrrole nitrogens is 1. The molecule has 2 N–H and O–H groups in total. The summed E-state index contributed by atoms with van der Waals surface area (Å²) < 4.78 is 86.1. The van der Waals surface area contributed by atoms with Gasteiger partial charge in [0, 0.05) is 29.1 Å². The van der Waals surface area contributed by atoms with Crippen LogP contribution in [0.15, 0.2) is 24.4 Å². The third-order valence-electron chi connectivity index (χ3n) is 2.83. The number of fused-ring (bicyclic) bond motifs is 1. The minimum absolute atomic E-state index is 0.0409. The first kappa shape index (κ1) is 6.40. The van der Waals surface area contributed by atoms with Gasteiger partial charge in [-0.25, -0.2) is 4.79 Å². The summed E-state index contributed by atoms with van der Waals surface area (Å²) in [6.07, 6.45) is -7.01. The number of nitrogens with one attached hydrogen (secondary N) is 2. The van der Waals surface area contributed by atoms with Gasteiger partial charge >= 0.3 is 6.09 Å². The van der Waals surface area contributed by atoms with Gasteiger partial charge in [-0.2, -0.15) is 0 Å². The Morgan fingerprint density at radius 3 is 3.24 bits per heavy atom. The van der Waals surface area contributed by atoms with Crippen molar-refractivity contribution in [2.24, 2.45) is 0 Å². The van der Waals surface area contributed by atoms with Crippen LogP contribution in [-0.2, 0) is 17.5 Å². The number of rotatable bonds is 5. The van der Waals surface area contributed by atoms with Gasteiger partial charge in [0.25, 0.3) is 0 Å². The molecule has 0 unspecified atom stereocenters. The van der Waals surface area contributed by atoms with E-state index in [1.807, 2.05) is 0 Å². The number of benzene rings is 1. The Morgan fingerprint density at radius 1 is 1.67 bits per heavy atom. The highest BCUT2D eigenvalue weighted by molar-refractivity contribution is 5.84. The zero-order valence-electron chi connectivity index (χ0n) is 21.6. The molecule has 1 fully saturated rings. The number of hydrogen-bond acceptors (Lipinski definition) is 3. The molecule has 2 aromatic rings. The molecule has 112 valence electrons. The Hall–Kier alpha value is -2.01. The van der Waals surface area contributed by atoms with Crippen molar-refractivity contribution in [3.63, 3.8) is 0 Å². The zero-order chi connectivity index (χ0) is 23.7. The molecule has 1 aliphatic rings. The zero-order valence-corrected chi connectivity index (χ0v) is 11.6. The van der Waals surface area contributed by atoms with Gasteiger partial charge < -0.3 is 19.9 Å². The third kappa shape index (κ3) is 3.19. The van der Waals surface area contributed by atoms with Crippen molar-refractivity contribution in [2.45, 2.75) is 18.8 Å². The van der Waals surface area contributed by atoms with Crippen LogP contribution < -0.4 is 5.31 Å². The predicted octanol–water partition coefficient (Wildman–Crippen LogP) is 1.92. The molecule has 1 aromatic heterocycles. The van der Waals surface area contributed by atoms with E-state index < -0.39 is 37.6 Å². The maximum atomic E-state index is 11.7. The van der Waals surface area contributed by atoms with E-state index >= 15 is 0 Å². The van der Waals surface area contributed by atoms with Crippen molar-refractivity contribution in [2.75, 3.05) is 27.2 Å². The van der Waals surface area contributed by atoms with Gasteiger partial charge in [0.2, 0.25) is 0 Å². The molecule has 0 radical (unpaired) electrons. The molecule has 1 atom stereocenters. The monoisotopic (exact) mass is 297 g/mol. The van der Waals surface area contributed by atoms with Gasteiger partial charge in [-0.1, -0.05) is 6.07 Å². The molecule has 1 saturated heterocycles. The van der Waals surface area contributed by atoms with Gasteiger partial charge in [0.1, 0.15) is 6.56 Å². The average molecular weight is 297 g/mol. The molecule has 0 saturated carbocycles. The van der Waals surface area contributed by atoms with E-state index in [-0.39, 0.29) is 33.9 Å². The molecule has 1 amide bonds. The fourth-order valence-corrected chi connectivity index (χ4v) is 1.88. The van der Waals surface area contributed by atoms with Crippen LogP contribution in [-0.4, -0.2) is 49.2 Å². The topological polar surface area (TPSA) is 57.4 Å². The van der Waals surface area contributed by atoms with Crippen LogP contribution in [0.1, 0.15) is 22.1 Å². The van der Waals surface area contributed by atoms with E-state index in [4.69, 9.17) is 13.8 Å². The minimum Gasteiger partial charge on any atom is -0.447 e. The van der Waals surface area contributed by atoms with Crippen LogP contribution >= 0.6 is 0 Å². The second-order valence-corrected chi connectivity index (χ2v) is 4.80. The number of aromatic amines is 1. The average Bonchev–Trinajstić information content (AvgIpc) is 2.97. The summed E-state index contributed by atoms with van der Waals surface area (Å²) >= 11 is 0. The van der Waals surface area contributed by atoms with Crippen molar-refractivity contribution < 1.29 is 23.3 Å². The van der Waals surface area contributed by atoms with E-state index in [9.17, 15) is 4.79 Å². The quantitative estimate of drug-likeness (QED) is 0.886. The van der Waals surface area contributed by atoms with Crippen LogP contribution in [0, 0.1) is 0 Å². The summed E-state index contributed by atoms with van der Waals surface area (Å²) in [6, 6.07) is 0.430. The molecule has 1 aliphatic heterocycles. The maximum absolute atomic E-state index is 11.7. The lowest BCUT2D eigenvalue weighted by Crippen LogP contribution is -2.28. The lowest BCUT2D eigenvalue weighted by atomic mass is 10.0. The summed E-state index contributed by atoms with van der Waals surface area (Å²) in [4.78, 5) is 14.0. The molecule has 5 nitrogen and oxygen atoms in total. The van der Waals surface area contributed by atoms with Crippen LogP contribution in [0.4, 0.5) is 4.79 Å². The van der Waals surface area contributed by atoms with Gasteiger partial charge in [0.05, 0.1) is 11.5 Å². The number of carbonyl (C=O) groups is 1. The number of amides is 1. The number of likely N-dealkylation sites (N-methyl/N-ethyl adjacent to an activating group) is 1. The van der Waals surface area contributed by atoms with Crippen LogP contribution in [0.5, 0.6) is 0 Å². The smallest absolute Gasteiger partial charge is 0.407 e. The highest BCUT2D eigenvalue weighted by Crippen LogP contribution is 2.21. The number of nitrogens with zero attached hydrogens (tertiary/aromatic N) is 1. The highest BCUT2D eigenvalue weighted by atomic mass is 16.6. The highest BCUT2D eigenvalue weighted by Gasteiger charge is 2.22. The largest absolute Gasteiger partial charge is 0.447 e. The van der Waals surface area contributed by atoms with E-state index in [2.05, 4.69) is 4.74 Å². The van der Waals surface area contributed by atoms with Crippen molar-refractivity contribution in [3.05, 3.63) is 35.5 Å². The van der Waals surface area contributed by atoms with Crippen molar-refractivity contribution >= 4 is 17.0 Å². The van der Waals surface area contributed by atoms with Gasteiger partial charge in [-0.05, 0) is 50.1 Å². The van der Waals surface area contributed by atoms with E-state index in [1.54, 1.807) is 19.0 Å². The molecular formula is C16H21N3O2. The Bertz CT molecular complexity index is 1050. The van der Waals surface area contributed by atoms with Gasteiger partial charge in [0.15, 0.2) is 2.82 Å². The van der Waals surface area contributed by atoms with Crippen molar-refractivity contribution in [1.29, 1.82) is 0 Å². The van der Waals surface area contributed by atoms with Crippen molar-refractivity contribution in [1.82, 2.24) is 15.2 Å². The molecule has 0 bridgehead atoms. The summed E-state index contributed by atoms with van der Waals surface area (Å²) in [6.45, 7) is -3.28. The maximum Gasteiger partial charge on any atom is 0.407 e. The molecule has 21 heavy (non-hydrogen) atoms. The number of aromatic nitrogens is 1. The third-order valence-corrected chi connectivity index (χ3v) is 2.83. The number of cyclic esters (lactones) is 1. The predicted molar refractivity (Wildman–Crippen MR) is 82.5 cm³/mol. The standard InChI is InChI=1S/C16H21N3O2/c1-19(2)6-5-12-9-17-15-4-3-11(8-14(12)15)7-13-10-21-16(20)18-13/h3-4,8-9,13,17H,5-7,10H2,1-2H3,(H,18,20)/t13-/m0/s1/i5D2,7D2,9D,10D2,13D/hD2. The Morgan fingerprint density at radius 2 is 2.52 bits per heavy atom. The lowest BCUT2D eigenvalue weighted by molar-refractivity contribution is 0.177. The minimum atomic E-state index is -3.16. The van der Waals surface area contributed by atoms with Gasteiger partial charge in [-0.15, -0.1) is 0 Å². The molecule has 3 rings (SSSR count). The fraction of sp³-hybridized carbons (Fsp3) is 0.438. The second-order valence-electron chi connectivity index (χ2n) is 4.80. The van der Waals surface area contributed by atoms with Gasteiger partial charge in [-0.3, -0.25) is 0 Å². The van der Waals surface area contributed by atoms with E-state index in [0.717, 1.165) is 12.1 Å². The first-order chi connectivity index (χ1) is 14.0. The number of ether oxygens (including phenoxy) is 1. The van der Waals surface area contributed by atoms with Crippen molar-refractivity contribution in [3.8, 4) is 0 Å². The second kappa shape index (κ2) is 5.77. The lowest BCUT2D eigenvalue weighted by Gasteiger charge is -2.09. The molecule has 1 aromatic carbocycles. The number of alkyl carbamates (subject to hydrolysis) is 1. The van der Waals surface area contributed by atoms with Crippen LogP contribution in [0.2, 0.25) is 2.82 Å². The SMILES string of the molecule is [2H]c1c(C([2H])([2H])CN(C)C)c2cc(C([2H])([2H])[C@]3([2H])N([2H])C(=O)OC3([2H])[2H])ccc2n1[2H]. The summed E-state index contributed by atoms with van der Waals surface area (Å²) in [5, 5.41) is -0.159. The molecule has 0 aliphatic carbocycles. The van der Waals surface area contributed by atoms with Crippen LogP contribution in [0.25, 0.3) is 10.9 Å². The Balaban J connectivity index is 2.25. The molecular weight excluding hydrogens is 266 g/mol. The summed E-state index contributed by atoms with van der Waals surface area (Å²) in [5.41, 5.74) is -0.375. The number of carbonyl (C=O) groups excluding carboxylic acids is 1. The Labute approximate surface area is 138 Å². The Kier molecular flexibility index (Phi) is 1.76. The normalized spacial score (nSPS) is 32.9. The summed E-state index contributed by atoms with van der Waals surface area (Å²) in [7, 11) is 3.27. The molecule has 0 spiro atoms. The first-order valence-corrected chi connectivity index (χ1v) is 6.31. The van der Waals surface area contributed by atoms with Crippen LogP contribution in [0.3, 0.4) is 0 Å². The fourth-order valence-electron chi connectivity index (χ4n) is 1.88.